The van der Waals surface area contributed by atoms with Gasteiger partial charge in [0.25, 0.3) is 0 Å². The zero-order valence-corrected chi connectivity index (χ0v) is 20.5. The summed E-state index contributed by atoms with van der Waals surface area (Å²) in [4.78, 5) is 40.7. The van der Waals surface area contributed by atoms with Crippen LogP contribution in [0.2, 0.25) is 0 Å². The van der Waals surface area contributed by atoms with Gasteiger partial charge in [0, 0.05) is 23.0 Å². The van der Waals surface area contributed by atoms with E-state index < -0.39 is 0 Å². The number of rotatable bonds is 9. The third-order valence-corrected chi connectivity index (χ3v) is 7.18. The average Bonchev–Trinajstić information content (AvgIpc) is 3.33. The number of nitrogens with zero attached hydrogens (tertiary/aromatic N) is 1. The summed E-state index contributed by atoms with van der Waals surface area (Å²) >= 11 is 1.70. The Morgan fingerprint density at radius 1 is 1.06 bits per heavy atom. The number of amides is 3. The summed E-state index contributed by atoms with van der Waals surface area (Å²) in [6, 6.07) is 9.58. The van der Waals surface area contributed by atoms with E-state index in [1.807, 2.05) is 50.4 Å². The zero-order valence-electron chi connectivity index (χ0n) is 19.6. The first kappa shape index (κ1) is 24.9. The van der Waals surface area contributed by atoms with E-state index in [2.05, 4.69) is 26.9 Å². The Labute approximate surface area is 199 Å². The molecule has 1 aliphatic heterocycles. The number of carbonyl (C=O) groups excluding carboxylic acids is 3. The molecule has 33 heavy (non-hydrogen) atoms. The van der Waals surface area contributed by atoms with Crippen LogP contribution in [0.25, 0.3) is 0 Å². The Bertz CT molecular complexity index is 932. The Hall–Kier alpha value is -2.71. The molecule has 1 unspecified atom stereocenters. The molecule has 3 rings (SSSR count). The van der Waals surface area contributed by atoms with Crippen LogP contribution in [0.4, 0.5) is 5.69 Å². The second kappa shape index (κ2) is 12.0. The van der Waals surface area contributed by atoms with Crippen LogP contribution in [0.3, 0.4) is 0 Å². The first-order valence-corrected chi connectivity index (χ1v) is 12.4. The zero-order chi connectivity index (χ0) is 23.8. The number of hydrogen-bond acceptors (Lipinski definition) is 5. The SMILES string of the molecule is Cc1cccc(C)c1NC(=O)CNC(=O)C(C)N1CCC(C(=O)NCCc2cccs2)CC1. The molecule has 1 aromatic carbocycles. The Balaban J connectivity index is 1.37. The van der Waals surface area contributed by atoms with Crippen LogP contribution in [0.15, 0.2) is 35.7 Å². The van der Waals surface area contributed by atoms with Crippen LogP contribution in [-0.4, -0.2) is 54.8 Å². The van der Waals surface area contributed by atoms with Gasteiger partial charge in [-0.3, -0.25) is 19.3 Å². The number of piperidine rings is 1. The molecule has 3 N–H and O–H groups in total. The molecule has 1 fully saturated rings. The number of anilines is 1. The van der Waals surface area contributed by atoms with Crippen LogP contribution >= 0.6 is 11.3 Å². The average molecular weight is 471 g/mol. The van der Waals surface area contributed by atoms with Gasteiger partial charge in [-0.05, 0) is 75.7 Å². The van der Waals surface area contributed by atoms with Crippen LogP contribution in [-0.2, 0) is 20.8 Å². The van der Waals surface area contributed by atoms with E-state index in [0.29, 0.717) is 19.6 Å². The van der Waals surface area contributed by atoms with Gasteiger partial charge in [0.15, 0.2) is 0 Å². The summed E-state index contributed by atoms with van der Waals surface area (Å²) in [6.45, 7) is 7.69. The molecule has 178 valence electrons. The number of para-hydroxylation sites is 1. The normalized spacial score (nSPS) is 15.6. The van der Waals surface area contributed by atoms with E-state index in [-0.39, 0.29) is 36.2 Å². The van der Waals surface area contributed by atoms with Gasteiger partial charge in [0.1, 0.15) is 0 Å². The minimum atomic E-state index is -0.346. The van der Waals surface area contributed by atoms with Gasteiger partial charge in [-0.25, -0.2) is 0 Å². The third kappa shape index (κ3) is 7.14. The molecule has 8 heteroatoms. The number of thiophene rings is 1. The predicted molar refractivity (Wildman–Crippen MR) is 132 cm³/mol. The van der Waals surface area contributed by atoms with E-state index >= 15 is 0 Å². The summed E-state index contributed by atoms with van der Waals surface area (Å²) in [5, 5.41) is 10.7. The molecule has 0 saturated carbocycles. The van der Waals surface area contributed by atoms with E-state index in [9.17, 15) is 14.4 Å². The van der Waals surface area contributed by atoms with Crippen molar-refractivity contribution < 1.29 is 14.4 Å². The van der Waals surface area contributed by atoms with Crippen LogP contribution in [0.5, 0.6) is 0 Å². The minimum Gasteiger partial charge on any atom is -0.355 e. The molecule has 1 aliphatic rings. The first-order valence-electron chi connectivity index (χ1n) is 11.5. The van der Waals surface area contributed by atoms with Gasteiger partial charge in [0.2, 0.25) is 17.7 Å². The number of aryl methyl sites for hydroxylation is 2. The molecule has 0 spiro atoms. The maximum Gasteiger partial charge on any atom is 0.243 e. The van der Waals surface area contributed by atoms with Crippen molar-refractivity contribution in [3.05, 3.63) is 51.7 Å². The van der Waals surface area contributed by atoms with Gasteiger partial charge < -0.3 is 16.0 Å². The molecule has 0 aliphatic carbocycles. The molecule has 7 nitrogen and oxygen atoms in total. The number of benzene rings is 1. The lowest BCUT2D eigenvalue weighted by atomic mass is 9.95. The first-order chi connectivity index (χ1) is 15.8. The van der Waals surface area contributed by atoms with Crippen molar-refractivity contribution in [2.24, 2.45) is 5.92 Å². The largest absolute Gasteiger partial charge is 0.355 e. The summed E-state index contributed by atoms with van der Waals surface area (Å²) < 4.78 is 0. The van der Waals surface area contributed by atoms with Crippen molar-refractivity contribution in [2.45, 2.75) is 46.1 Å². The van der Waals surface area contributed by atoms with Gasteiger partial charge in [0.05, 0.1) is 12.6 Å². The fourth-order valence-corrected chi connectivity index (χ4v) is 4.84. The van der Waals surface area contributed by atoms with Gasteiger partial charge >= 0.3 is 0 Å². The lowest BCUT2D eigenvalue weighted by Gasteiger charge is -2.34. The highest BCUT2D eigenvalue weighted by molar-refractivity contribution is 7.09. The van der Waals surface area contributed by atoms with Gasteiger partial charge in [-0.15, -0.1) is 11.3 Å². The molecule has 1 saturated heterocycles. The van der Waals surface area contributed by atoms with Crippen LogP contribution in [0.1, 0.15) is 35.8 Å². The topological polar surface area (TPSA) is 90.5 Å². The Morgan fingerprint density at radius 3 is 2.39 bits per heavy atom. The fraction of sp³-hybridized carbons (Fsp3) is 0.480. The van der Waals surface area contributed by atoms with Crippen molar-refractivity contribution in [3.63, 3.8) is 0 Å². The van der Waals surface area contributed by atoms with Crippen molar-refractivity contribution in [3.8, 4) is 0 Å². The lowest BCUT2D eigenvalue weighted by Crippen LogP contribution is -2.50. The van der Waals surface area contributed by atoms with Crippen LogP contribution in [0, 0.1) is 19.8 Å². The van der Waals surface area contributed by atoms with Crippen molar-refractivity contribution in [1.29, 1.82) is 0 Å². The molecule has 0 bridgehead atoms. The Morgan fingerprint density at radius 2 is 1.76 bits per heavy atom. The fourth-order valence-electron chi connectivity index (χ4n) is 4.13. The summed E-state index contributed by atoms with van der Waals surface area (Å²) in [5.74, 6) is -0.328. The highest BCUT2D eigenvalue weighted by atomic mass is 32.1. The molecule has 1 atom stereocenters. The third-order valence-electron chi connectivity index (χ3n) is 6.25. The number of nitrogens with one attached hydrogen (secondary N) is 3. The minimum absolute atomic E-state index is 0.0111. The molecular weight excluding hydrogens is 436 g/mol. The van der Waals surface area contributed by atoms with Crippen molar-refractivity contribution >= 4 is 34.7 Å². The van der Waals surface area contributed by atoms with Crippen molar-refractivity contribution in [2.75, 3.05) is 31.5 Å². The Kier molecular flexibility index (Phi) is 9.03. The monoisotopic (exact) mass is 470 g/mol. The van der Waals surface area contributed by atoms with E-state index in [1.54, 1.807) is 11.3 Å². The molecule has 3 amide bonds. The molecule has 0 radical (unpaired) electrons. The molecule has 1 aromatic heterocycles. The van der Waals surface area contributed by atoms with E-state index in [4.69, 9.17) is 0 Å². The summed E-state index contributed by atoms with van der Waals surface area (Å²) in [5.41, 5.74) is 2.77. The molecular formula is C25H34N4O3S. The number of carbonyl (C=O) groups is 3. The lowest BCUT2D eigenvalue weighted by molar-refractivity contribution is -0.130. The molecule has 2 aromatic rings. The summed E-state index contributed by atoms with van der Waals surface area (Å²) in [7, 11) is 0. The van der Waals surface area contributed by atoms with Gasteiger partial charge in [-0.2, -0.15) is 0 Å². The van der Waals surface area contributed by atoms with E-state index in [1.165, 1.54) is 4.88 Å². The van der Waals surface area contributed by atoms with Gasteiger partial charge in [-0.1, -0.05) is 24.3 Å². The smallest absolute Gasteiger partial charge is 0.243 e. The second-order valence-corrected chi connectivity index (χ2v) is 9.67. The predicted octanol–water partition coefficient (Wildman–Crippen LogP) is 2.88. The maximum absolute atomic E-state index is 12.6. The molecule has 2 heterocycles. The summed E-state index contributed by atoms with van der Waals surface area (Å²) in [6.07, 6.45) is 2.32. The van der Waals surface area contributed by atoms with Crippen LogP contribution < -0.4 is 16.0 Å². The highest BCUT2D eigenvalue weighted by Gasteiger charge is 2.29. The maximum atomic E-state index is 12.6. The quantitative estimate of drug-likeness (QED) is 0.526. The standard InChI is InChI=1S/C25H34N4O3S/c1-17-6-4-7-18(2)23(17)28-22(30)16-27-24(31)19(3)29-13-10-20(11-14-29)25(32)26-12-9-21-8-5-15-33-21/h4-8,15,19-20H,9-14,16H2,1-3H3,(H,26,32)(H,27,31)(H,28,30). The highest BCUT2D eigenvalue weighted by Crippen LogP contribution is 2.20. The van der Waals surface area contributed by atoms with Crippen molar-refractivity contribution in [1.82, 2.24) is 15.5 Å². The van der Waals surface area contributed by atoms with E-state index in [0.717, 1.165) is 36.1 Å². The number of likely N-dealkylation sites (tertiary alicyclic amines) is 1. The number of hydrogen-bond donors (Lipinski definition) is 3. The second-order valence-electron chi connectivity index (χ2n) is 8.64.